The molecular formula is C33H52N2O10. The summed E-state index contributed by atoms with van der Waals surface area (Å²) in [6, 6.07) is 13.6. The fourth-order valence-electron chi connectivity index (χ4n) is 2.96. The molecule has 1 aliphatic rings. The Bertz CT molecular complexity index is 1130. The summed E-state index contributed by atoms with van der Waals surface area (Å²) in [6.45, 7) is 18.3. The number of rotatable bonds is 3. The zero-order chi connectivity index (χ0) is 34.7. The van der Waals surface area contributed by atoms with Gasteiger partial charge in [0, 0.05) is 26.3 Å². The third-order valence-corrected chi connectivity index (χ3v) is 4.67. The molecule has 5 N–H and O–H groups in total. The number of carbonyl (C=O) groups is 3. The van der Waals surface area contributed by atoms with E-state index in [9.17, 15) is 19.5 Å². The summed E-state index contributed by atoms with van der Waals surface area (Å²) in [5, 5.41) is 20.7. The number of nitrogens with one attached hydrogen (secondary N) is 1. The van der Waals surface area contributed by atoms with Gasteiger partial charge in [-0.25, -0.2) is 14.4 Å². The highest BCUT2D eigenvalue weighted by molar-refractivity contribution is 5.77. The number of amides is 1. The van der Waals surface area contributed by atoms with E-state index in [2.05, 4.69) is 10.1 Å². The first-order valence-electron chi connectivity index (χ1n) is 14.6. The van der Waals surface area contributed by atoms with Crippen molar-refractivity contribution in [2.75, 3.05) is 13.2 Å². The third-order valence-electron chi connectivity index (χ3n) is 4.67. The maximum Gasteiger partial charge on any atom is 0.519 e. The van der Waals surface area contributed by atoms with Crippen molar-refractivity contribution in [1.82, 2.24) is 5.32 Å². The second-order valence-corrected chi connectivity index (χ2v) is 12.7. The molecule has 0 bridgehead atoms. The van der Waals surface area contributed by atoms with E-state index in [0.29, 0.717) is 13.1 Å². The van der Waals surface area contributed by atoms with Crippen molar-refractivity contribution in [3.05, 3.63) is 59.7 Å². The molecule has 0 unspecified atom stereocenters. The van der Waals surface area contributed by atoms with Gasteiger partial charge < -0.3 is 44.9 Å². The Morgan fingerprint density at radius 2 is 1.16 bits per heavy atom. The van der Waals surface area contributed by atoms with E-state index in [0.717, 1.165) is 24.3 Å². The Morgan fingerprint density at radius 3 is 1.49 bits per heavy atom. The summed E-state index contributed by atoms with van der Waals surface area (Å²) < 4.78 is 23.8. The number of hydrogen-bond acceptors (Lipinski definition) is 11. The smallest absolute Gasteiger partial charge is 0.508 e. The number of phenolic OH excluding ortho intramolecular Hbond substituents is 2. The minimum atomic E-state index is -1.06. The summed E-state index contributed by atoms with van der Waals surface area (Å²) in [5.41, 5.74) is 5.20. The molecule has 1 fully saturated rings. The Morgan fingerprint density at radius 1 is 0.733 bits per heavy atom. The Kier molecular flexibility index (Phi) is 18.3. The molecule has 2 aromatic carbocycles. The van der Waals surface area contributed by atoms with Crippen LogP contribution >= 0.6 is 0 Å². The Balaban J connectivity index is 0.000000613. The minimum absolute atomic E-state index is 0.184. The lowest BCUT2D eigenvalue weighted by atomic mass is 10.2. The molecule has 0 spiro atoms. The predicted octanol–water partition coefficient (Wildman–Crippen LogP) is 6.94. The van der Waals surface area contributed by atoms with Gasteiger partial charge in [0.15, 0.2) is 0 Å². The average Bonchev–Trinajstić information content (AvgIpc) is 3.45. The topological polar surface area (TPSA) is 176 Å². The lowest BCUT2D eigenvalue weighted by Crippen LogP contribution is -2.32. The first-order chi connectivity index (χ1) is 20.7. The summed E-state index contributed by atoms with van der Waals surface area (Å²) in [6.07, 6.45) is -0.0238. The van der Waals surface area contributed by atoms with Gasteiger partial charge in [0.1, 0.15) is 28.3 Å². The van der Waals surface area contributed by atoms with Crippen LogP contribution in [0.4, 0.5) is 14.4 Å². The van der Waals surface area contributed by atoms with Crippen LogP contribution in [0.5, 0.6) is 11.5 Å². The molecule has 1 amide bonds. The molecule has 254 valence electrons. The van der Waals surface area contributed by atoms with E-state index in [-0.39, 0.29) is 11.5 Å². The Labute approximate surface area is 267 Å². The number of ether oxygens (including phenoxy) is 5. The van der Waals surface area contributed by atoms with E-state index < -0.39 is 35.2 Å². The number of nitrogens with two attached hydrogens (primary N) is 1. The number of alkyl carbamates (subject to hydrolysis) is 1. The van der Waals surface area contributed by atoms with Gasteiger partial charge in [-0.15, -0.1) is 0 Å². The molecule has 3 rings (SSSR count). The molecule has 1 saturated heterocycles. The van der Waals surface area contributed by atoms with Crippen LogP contribution in [0.3, 0.4) is 0 Å². The van der Waals surface area contributed by atoms with Crippen molar-refractivity contribution in [1.29, 1.82) is 0 Å². The van der Waals surface area contributed by atoms with Crippen LogP contribution in [-0.2, 0) is 36.8 Å². The van der Waals surface area contributed by atoms with E-state index in [1.807, 2.05) is 12.1 Å². The van der Waals surface area contributed by atoms with Gasteiger partial charge in [0.25, 0.3) is 0 Å². The maximum absolute atomic E-state index is 11.3. The molecule has 0 aliphatic carbocycles. The standard InChI is InChI=1S/C12H17NO3.C10H18O5.C7H9NO.C4H8O/c1-12(2,3)16-11(15)13-8-9-5-4-6-10(14)7-9;1-9(2,3)14-7(11)13-8(12)15-10(4,5)6;8-5-6-2-1-3-7(9)4-6;1-2-4-5-3-1/h4-7,14H,8H2,1-3H3,(H,13,15);1-6H3;1-4,9H,5,8H2;1-4H2. The van der Waals surface area contributed by atoms with Crippen LogP contribution in [0.1, 0.15) is 86.3 Å². The highest BCUT2D eigenvalue weighted by Crippen LogP contribution is 2.13. The highest BCUT2D eigenvalue weighted by atomic mass is 16.8. The molecule has 45 heavy (non-hydrogen) atoms. The maximum atomic E-state index is 11.3. The van der Waals surface area contributed by atoms with Crippen LogP contribution < -0.4 is 11.1 Å². The number of aromatic hydroxyl groups is 2. The molecule has 12 heteroatoms. The van der Waals surface area contributed by atoms with Gasteiger partial charge in [0.05, 0.1) is 0 Å². The summed E-state index contributed by atoms with van der Waals surface area (Å²) in [5.74, 6) is 0.460. The molecule has 0 atom stereocenters. The number of benzene rings is 2. The first kappa shape index (κ1) is 41.0. The summed E-state index contributed by atoms with van der Waals surface area (Å²) >= 11 is 0. The van der Waals surface area contributed by atoms with Gasteiger partial charge in [-0.3, -0.25) is 0 Å². The van der Waals surface area contributed by atoms with E-state index >= 15 is 0 Å². The molecular weight excluding hydrogens is 584 g/mol. The van der Waals surface area contributed by atoms with Crippen molar-refractivity contribution in [3.8, 4) is 11.5 Å². The van der Waals surface area contributed by atoms with Gasteiger partial charge >= 0.3 is 18.4 Å². The first-order valence-corrected chi connectivity index (χ1v) is 14.6. The number of phenols is 2. The highest BCUT2D eigenvalue weighted by Gasteiger charge is 2.24. The van der Waals surface area contributed by atoms with Crippen molar-refractivity contribution >= 4 is 18.4 Å². The zero-order valence-corrected chi connectivity index (χ0v) is 28.1. The van der Waals surface area contributed by atoms with E-state index in [1.54, 1.807) is 98.7 Å². The SMILES string of the molecule is C1CCOC1.CC(C)(C)OC(=O)NCc1cccc(O)c1.CC(C)(C)OC(=O)OC(=O)OC(C)(C)C.NCc1cccc(O)c1. The number of hydrogen-bond donors (Lipinski definition) is 4. The van der Waals surface area contributed by atoms with E-state index in [4.69, 9.17) is 29.8 Å². The second kappa shape index (κ2) is 20.1. The van der Waals surface area contributed by atoms with Gasteiger partial charge in [-0.05, 0) is 111 Å². The molecule has 1 aliphatic heterocycles. The molecule has 1 heterocycles. The molecule has 12 nitrogen and oxygen atoms in total. The van der Waals surface area contributed by atoms with Gasteiger partial charge in [0.2, 0.25) is 0 Å². The lowest BCUT2D eigenvalue weighted by Gasteiger charge is -2.20. The van der Waals surface area contributed by atoms with Crippen molar-refractivity contribution < 1.29 is 48.3 Å². The fraction of sp³-hybridized carbons (Fsp3) is 0.545. The largest absolute Gasteiger partial charge is 0.519 e. The quantitative estimate of drug-likeness (QED) is 0.156. The summed E-state index contributed by atoms with van der Waals surface area (Å²) in [7, 11) is 0. The third kappa shape index (κ3) is 26.1. The lowest BCUT2D eigenvalue weighted by molar-refractivity contribution is -0.0294. The Hall–Kier alpha value is -4.03. The summed E-state index contributed by atoms with van der Waals surface area (Å²) in [4.78, 5) is 33.3. The minimum Gasteiger partial charge on any atom is -0.508 e. The zero-order valence-electron chi connectivity index (χ0n) is 28.1. The van der Waals surface area contributed by atoms with Crippen LogP contribution in [0.2, 0.25) is 0 Å². The van der Waals surface area contributed by atoms with Gasteiger partial charge in [-0.2, -0.15) is 0 Å². The molecule has 0 radical (unpaired) electrons. The van der Waals surface area contributed by atoms with Crippen LogP contribution in [0.25, 0.3) is 0 Å². The molecule has 0 saturated carbocycles. The van der Waals surface area contributed by atoms with E-state index in [1.165, 1.54) is 12.8 Å². The molecule has 2 aromatic rings. The van der Waals surface area contributed by atoms with Crippen molar-refractivity contribution in [2.24, 2.45) is 5.73 Å². The predicted molar refractivity (Wildman–Crippen MR) is 171 cm³/mol. The number of carbonyl (C=O) groups excluding carboxylic acids is 3. The fourth-order valence-corrected chi connectivity index (χ4v) is 2.96. The normalized spacial score (nSPS) is 12.4. The van der Waals surface area contributed by atoms with Crippen LogP contribution in [0, 0.1) is 0 Å². The monoisotopic (exact) mass is 636 g/mol. The van der Waals surface area contributed by atoms with Crippen LogP contribution in [-0.4, -0.2) is 58.6 Å². The second-order valence-electron chi connectivity index (χ2n) is 12.7. The van der Waals surface area contributed by atoms with Crippen molar-refractivity contribution in [3.63, 3.8) is 0 Å². The average molecular weight is 637 g/mol. The molecule has 0 aromatic heterocycles. The van der Waals surface area contributed by atoms with Gasteiger partial charge in [-0.1, -0.05) is 24.3 Å². The van der Waals surface area contributed by atoms with Crippen molar-refractivity contribution in [2.45, 2.75) is 105 Å². The van der Waals surface area contributed by atoms with Crippen LogP contribution in [0.15, 0.2) is 48.5 Å².